The molecule has 0 fully saturated rings. The van der Waals surface area contributed by atoms with Gasteiger partial charge in [-0.25, -0.2) is 0 Å². The Bertz CT molecular complexity index is 710. The van der Waals surface area contributed by atoms with Crippen molar-refractivity contribution in [2.45, 2.75) is 32.7 Å². The molecule has 0 amide bonds. The van der Waals surface area contributed by atoms with Gasteiger partial charge in [0, 0.05) is 33.1 Å². The van der Waals surface area contributed by atoms with E-state index >= 15 is 0 Å². The van der Waals surface area contributed by atoms with Gasteiger partial charge in [-0.2, -0.15) is 0 Å². The lowest BCUT2D eigenvalue weighted by molar-refractivity contribution is -0.143. The van der Waals surface area contributed by atoms with Crippen molar-refractivity contribution in [2.24, 2.45) is 0 Å². The van der Waals surface area contributed by atoms with Crippen molar-refractivity contribution in [1.82, 2.24) is 4.90 Å². The van der Waals surface area contributed by atoms with E-state index in [1.54, 1.807) is 11.3 Å². The fourth-order valence-electron chi connectivity index (χ4n) is 3.06. The van der Waals surface area contributed by atoms with Crippen molar-refractivity contribution in [2.75, 3.05) is 20.2 Å². The Morgan fingerprint density at radius 2 is 2.23 bits per heavy atom. The summed E-state index contributed by atoms with van der Waals surface area (Å²) in [5.41, 5.74) is 2.61. The topological polar surface area (TPSA) is 29.5 Å². The molecule has 5 heteroatoms. The van der Waals surface area contributed by atoms with Crippen LogP contribution in [-0.2, 0) is 28.9 Å². The standard InChI is InChI=1S/C17H20ClNO2S/c1-3-21-16(20)7-6-14-12-10-19(2)9-8-11-13(18)4-5-15(22-14)17(11)12/h4-5H,3,6-10H2,1-2H3. The van der Waals surface area contributed by atoms with Gasteiger partial charge in [-0.15, -0.1) is 11.3 Å². The number of hydrogen-bond donors (Lipinski definition) is 0. The molecule has 0 unspecified atom stereocenters. The van der Waals surface area contributed by atoms with Crippen LogP contribution in [0, 0.1) is 0 Å². The van der Waals surface area contributed by atoms with Gasteiger partial charge >= 0.3 is 5.97 Å². The van der Waals surface area contributed by atoms with Crippen LogP contribution in [0.2, 0.25) is 5.02 Å². The van der Waals surface area contributed by atoms with Gasteiger partial charge in [0.05, 0.1) is 13.0 Å². The van der Waals surface area contributed by atoms with Crippen LogP contribution >= 0.6 is 22.9 Å². The van der Waals surface area contributed by atoms with E-state index < -0.39 is 0 Å². The van der Waals surface area contributed by atoms with Crippen LogP contribution in [0.1, 0.15) is 29.3 Å². The molecule has 3 nitrogen and oxygen atoms in total. The summed E-state index contributed by atoms with van der Waals surface area (Å²) in [5.74, 6) is -0.118. The monoisotopic (exact) mass is 337 g/mol. The molecule has 1 aliphatic rings. The number of rotatable bonds is 4. The second kappa shape index (κ2) is 6.57. The van der Waals surface area contributed by atoms with Gasteiger partial charge < -0.3 is 9.64 Å². The number of likely N-dealkylation sites (N-methyl/N-ethyl adjacent to an activating group) is 1. The number of esters is 1. The lowest BCUT2D eigenvalue weighted by Crippen LogP contribution is -2.19. The van der Waals surface area contributed by atoms with E-state index in [9.17, 15) is 4.79 Å². The number of carbonyl (C=O) groups is 1. The minimum atomic E-state index is -0.118. The van der Waals surface area contributed by atoms with E-state index in [4.69, 9.17) is 16.3 Å². The molecule has 0 spiro atoms. The molecular weight excluding hydrogens is 318 g/mol. The largest absolute Gasteiger partial charge is 0.466 e. The van der Waals surface area contributed by atoms with Crippen molar-refractivity contribution in [3.63, 3.8) is 0 Å². The van der Waals surface area contributed by atoms with Crippen molar-refractivity contribution < 1.29 is 9.53 Å². The van der Waals surface area contributed by atoms with Crippen molar-refractivity contribution in [1.29, 1.82) is 0 Å². The Hall–Kier alpha value is -1.10. The van der Waals surface area contributed by atoms with Crippen LogP contribution in [0.5, 0.6) is 0 Å². The number of aryl methyl sites for hydroxylation is 1. The Labute approximate surface area is 139 Å². The van der Waals surface area contributed by atoms with E-state index in [-0.39, 0.29) is 5.97 Å². The van der Waals surface area contributed by atoms with Crippen molar-refractivity contribution in [3.05, 3.63) is 33.2 Å². The summed E-state index contributed by atoms with van der Waals surface area (Å²) >= 11 is 8.21. The average Bonchev–Trinajstić information content (AvgIpc) is 2.71. The van der Waals surface area contributed by atoms with Gasteiger partial charge in [0.2, 0.25) is 0 Å². The molecule has 0 atom stereocenters. The summed E-state index contributed by atoms with van der Waals surface area (Å²) in [5, 5.41) is 2.18. The van der Waals surface area contributed by atoms with Crippen LogP contribution in [-0.4, -0.2) is 31.1 Å². The Balaban J connectivity index is 1.99. The van der Waals surface area contributed by atoms with Crippen LogP contribution in [0.3, 0.4) is 0 Å². The maximum Gasteiger partial charge on any atom is 0.306 e. The molecule has 0 N–H and O–H groups in total. The van der Waals surface area contributed by atoms with E-state index in [0.29, 0.717) is 13.0 Å². The summed E-state index contributed by atoms with van der Waals surface area (Å²) in [6.07, 6.45) is 2.17. The quantitative estimate of drug-likeness (QED) is 0.789. The fourth-order valence-corrected chi connectivity index (χ4v) is 4.56. The third-order valence-corrected chi connectivity index (χ3v) is 5.73. The first-order chi connectivity index (χ1) is 10.6. The smallest absolute Gasteiger partial charge is 0.306 e. The number of nitrogens with zero attached hydrogens (tertiary/aromatic N) is 1. The summed E-state index contributed by atoms with van der Waals surface area (Å²) in [6, 6.07) is 4.11. The van der Waals surface area contributed by atoms with Gasteiger partial charge in [-0.3, -0.25) is 4.79 Å². The number of thiophene rings is 1. The molecule has 0 radical (unpaired) electrons. The highest BCUT2D eigenvalue weighted by Crippen LogP contribution is 2.39. The van der Waals surface area contributed by atoms with E-state index in [0.717, 1.165) is 31.0 Å². The van der Waals surface area contributed by atoms with Crippen LogP contribution in [0.15, 0.2) is 12.1 Å². The Morgan fingerprint density at radius 3 is 3.00 bits per heavy atom. The molecule has 2 heterocycles. The van der Waals surface area contributed by atoms with E-state index in [1.165, 1.54) is 26.1 Å². The molecule has 22 heavy (non-hydrogen) atoms. The first-order valence-corrected chi connectivity index (χ1v) is 8.85. The number of halogens is 1. The summed E-state index contributed by atoms with van der Waals surface area (Å²) < 4.78 is 6.33. The van der Waals surface area contributed by atoms with Crippen molar-refractivity contribution >= 4 is 39.0 Å². The lowest BCUT2D eigenvalue weighted by Gasteiger charge is -2.14. The molecule has 0 bridgehead atoms. The number of carbonyl (C=O) groups excluding carboxylic acids is 1. The zero-order chi connectivity index (χ0) is 15.7. The minimum absolute atomic E-state index is 0.118. The molecule has 1 aliphatic heterocycles. The van der Waals surface area contributed by atoms with Crippen LogP contribution in [0.25, 0.3) is 10.1 Å². The number of benzene rings is 1. The van der Waals surface area contributed by atoms with Gasteiger partial charge in [0.15, 0.2) is 0 Å². The molecule has 2 aromatic rings. The van der Waals surface area contributed by atoms with Gasteiger partial charge in [0.25, 0.3) is 0 Å². The van der Waals surface area contributed by atoms with Gasteiger partial charge in [-0.1, -0.05) is 11.6 Å². The fraction of sp³-hybridized carbons (Fsp3) is 0.471. The highest BCUT2D eigenvalue weighted by atomic mass is 35.5. The summed E-state index contributed by atoms with van der Waals surface area (Å²) in [7, 11) is 2.14. The van der Waals surface area contributed by atoms with E-state index in [2.05, 4.69) is 18.0 Å². The zero-order valence-electron chi connectivity index (χ0n) is 12.9. The first-order valence-electron chi connectivity index (χ1n) is 7.66. The Kier molecular flexibility index (Phi) is 4.71. The normalized spacial score (nSPS) is 15.0. The molecule has 118 valence electrons. The average molecular weight is 338 g/mol. The zero-order valence-corrected chi connectivity index (χ0v) is 14.5. The first kappa shape index (κ1) is 15.8. The summed E-state index contributed by atoms with van der Waals surface area (Å²) in [4.78, 5) is 15.3. The lowest BCUT2D eigenvalue weighted by atomic mass is 10.0. The highest BCUT2D eigenvalue weighted by Gasteiger charge is 2.22. The SMILES string of the molecule is CCOC(=O)CCc1sc2ccc(Cl)c3c2c1CN(C)CC3. The molecule has 0 aliphatic carbocycles. The highest BCUT2D eigenvalue weighted by molar-refractivity contribution is 7.19. The minimum Gasteiger partial charge on any atom is -0.466 e. The van der Waals surface area contributed by atoms with Crippen molar-refractivity contribution in [3.8, 4) is 0 Å². The molecule has 1 aromatic heterocycles. The number of ether oxygens (including phenoxy) is 1. The predicted octanol–water partition coefficient (Wildman–Crippen LogP) is 4.04. The third kappa shape index (κ3) is 3.00. The third-order valence-electron chi connectivity index (χ3n) is 4.12. The maximum absolute atomic E-state index is 11.6. The number of hydrogen-bond acceptors (Lipinski definition) is 4. The van der Waals surface area contributed by atoms with Crippen LogP contribution in [0.4, 0.5) is 0 Å². The van der Waals surface area contributed by atoms with Gasteiger partial charge in [0.1, 0.15) is 0 Å². The second-order valence-corrected chi connectivity index (χ2v) is 7.24. The summed E-state index contributed by atoms with van der Waals surface area (Å²) in [6.45, 7) is 4.22. The van der Waals surface area contributed by atoms with Gasteiger partial charge in [-0.05, 0) is 50.1 Å². The second-order valence-electron chi connectivity index (χ2n) is 5.70. The van der Waals surface area contributed by atoms with Crippen LogP contribution < -0.4 is 0 Å². The molecular formula is C17H20ClNO2S. The molecule has 3 rings (SSSR count). The maximum atomic E-state index is 11.6. The molecule has 0 saturated heterocycles. The molecule has 0 saturated carbocycles. The molecule has 1 aromatic carbocycles. The predicted molar refractivity (Wildman–Crippen MR) is 91.8 cm³/mol. The Morgan fingerprint density at radius 1 is 1.41 bits per heavy atom. The van der Waals surface area contributed by atoms with E-state index in [1.807, 2.05) is 13.0 Å².